The second-order valence-corrected chi connectivity index (χ2v) is 6.27. The Morgan fingerprint density at radius 3 is 3.16 bits per heavy atom. The van der Waals surface area contributed by atoms with Crippen LogP contribution in [-0.2, 0) is 13.6 Å². The van der Waals surface area contributed by atoms with Crippen LogP contribution in [0.2, 0.25) is 5.02 Å². The van der Waals surface area contributed by atoms with E-state index in [0.717, 1.165) is 23.7 Å². The molecule has 1 aliphatic heterocycles. The van der Waals surface area contributed by atoms with Crippen LogP contribution >= 0.6 is 23.4 Å². The number of halogens is 1. The minimum absolute atomic E-state index is 0.379. The van der Waals surface area contributed by atoms with Crippen molar-refractivity contribution in [3.8, 4) is 0 Å². The molecule has 1 aromatic carbocycles. The second kappa shape index (κ2) is 5.57. The molecule has 0 amide bonds. The summed E-state index contributed by atoms with van der Waals surface area (Å²) < 4.78 is 1.91. The molecule has 1 atom stereocenters. The maximum Gasteiger partial charge on any atom is 0.0518 e. The number of fused-ring (bicyclic) bond motifs is 1. The van der Waals surface area contributed by atoms with Gasteiger partial charge < -0.3 is 5.32 Å². The zero-order chi connectivity index (χ0) is 13.2. The van der Waals surface area contributed by atoms with Gasteiger partial charge >= 0.3 is 0 Å². The molecule has 1 aromatic heterocycles. The van der Waals surface area contributed by atoms with Gasteiger partial charge in [0.05, 0.1) is 5.69 Å². The molecule has 0 aliphatic carbocycles. The van der Waals surface area contributed by atoms with Crippen LogP contribution in [0.1, 0.15) is 23.7 Å². The van der Waals surface area contributed by atoms with Crippen molar-refractivity contribution < 1.29 is 0 Å². The first-order valence-corrected chi connectivity index (χ1v) is 7.73. The smallest absolute Gasteiger partial charge is 0.0518 e. The summed E-state index contributed by atoms with van der Waals surface area (Å²) in [6.07, 6.45) is 2.97. The molecule has 3 nitrogen and oxygen atoms in total. The minimum atomic E-state index is 0.379. The fraction of sp³-hybridized carbons (Fsp3) is 0.357. The third-order valence-corrected chi connectivity index (χ3v) is 4.82. The lowest BCUT2D eigenvalue weighted by molar-refractivity contribution is 0.495. The van der Waals surface area contributed by atoms with E-state index in [1.807, 2.05) is 41.8 Å². The van der Waals surface area contributed by atoms with Crippen LogP contribution in [0.5, 0.6) is 0 Å². The number of nitrogens with one attached hydrogen (secondary N) is 1. The van der Waals surface area contributed by atoms with Gasteiger partial charge in [-0.1, -0.05) is 11.6 Å². The van der Waals surface area contributed by atoms with Gasteiger partial charge in [0.1, 0.15) is 0 Å². The Kier molecular flexibility index (Phi) is 3.82. The lowest BCUT2D eigenvalue weighted by Gasteiger charge is -2.26. The predicted octanol–water partition coefficient (Wildman–Crippen LogP) is 3.40. The van der Waals surface area contributed by atoms with Crippen molar-refractivity contribution >= 4 is 23.4 Å². The molecule has 0 radical (unpaired) electrons. The molecule has 0 spiro atoms. The molecule has 1 aliphatic rings. The highest BCUT2D eigenvalue weighted by molar-refractivity contribution is 7.99. The first kappa shape index (κ1) is 13.0. The van der Waals surface area contributed by atoms with E-state index in [4.69, 9.17) is 11.6 Å². The molecule has 5 heteroatoms. The van der Waals surface area contributed by atoms with E-state index in [1.165, 1.54) is 16.2 Å². The monoisotopic (exact) mass is 293 g/mol. The van der Waals surface area contributed by atoms with Gasteiger partial charge in [-0.25, -0.2) is 0 Å². The minimum Gasteiger partial charge on any atom is -0.304 e. The van der Waals surface area contributed by atoms with Crippen molar-refractivity contribution in [3.63, 3.8) is 0 Å². The van der Waals surface area contributed by atoms with Gasteiger partial charge in [-0.15, -0.1) is 11.8 Å². The fourth-order valence-corrected chi connectivity index (χ4v) is 3.67. The number of hydrogen-bond acceptors (Lipinski definition) is 3. The largest absolute Gasteiger partial charge is 0.304 e. The summed E-state index contributed by atoms with van der Waals surface area (Å²) in [6.45, 7) is 0.831. The SMILES string of the molecule is Cn1nccc1CNC1CCSc2ccc(Cl)cc21. The first-order valence-electron chi connectivity index (χ1n) is 6.36. The molecule has 0 bridgehead atoms. The van der Waals surface area contributed by atoms with E-state index in [1.54, 1.807) is 0 Å². The van der Waals surface area contributed by atoms with Crippen LogP contribution in [0.3, 0.4) is 0 Å². The Morgan fingerprint density at radius 1 is 1.47 bits per heavy atom. The van der Waals surface area contributed by atoms with E-state index in [2.05, 4.69) is 22.5 Å². The zero-order valence-electron chi connectivity index (χ0n) is 10.8. The van der Waals surface area contributed by atoms with Crippen LogP contribution in [0.15, 0.2) is 35.4 Å². The quantitative estimate of drug-likeness (QED) is 0.941. The number of aromatic nitrogens is 2. The molecule has 2 aromatic rings. The van der Waals surface area contributed by atoms with Crippen LogP contribution in [0.4, 0.5) is 0 Å². The standard InChI is InChI=1S/C14H16ClN3S/c1-18-11(4-6-17-18)9-16-13-5-7-19-14-3-2-10(15)8-12(13)14/h2-4,6,8,13,16H,5,7,9H2,1H3. The molecule has 1 unspecified atom stereocenters. The third-order valence-electron chi connectivity index (χ3n) is 3.46. The van der Waals surface area contributed by atoms with E-state index in [0.29, 0.717) is 6.04 Å². The molecule has 19 heavy (non-hydrogen) atoms. The number of benzene rings is 1. The van der Waals surface area contributed by atoms with E-state index in [-0.39, 0.29) is 0 Å². The predicted molar refractivity (Wildman–Crippen MR) is 79.6 cm³/mol. The van der Waals surface area contributed by atoms with Gasteiger partial charge in [-0.2, -0.15) is 5.10 Å². The molecule has 3 rings (SSSR count). The summed E-state index contributed by atoms with van der Waals surface area (Å²) in [5, 5.41) is 8.62. The third kappa shape index (κ3) is 2.81. The van der Waals surface area contributed by atoms with Crippen molar-refractivity contribution in [2.24, 2.45) is 7.05 Å². The first-order chi connectivity index (χ1) is 9.24. The van der Waals surface area contributed by atoms with Gasteiger partial charge in [0, 0.05) is 35.7 Å². The maximum atomic E-state index is 6.12. The number of nitrogens with zero attached hydrogens (tertiary/aromatic N) is 2. The lowest BCUT2D eigenvalue weighted by Crippen LogP contribution is -2.25. The molecular formula is C14H16ClN3S. The van der Waals surface area contributed by atoms with Crippen LogP contribution in [-0.4, -0.2) is 15.5 Å². The summed E-state index contributed by atoms with van der Waals surface area (Å²) in [5.74, 6) is 1.15. The van der Waals surface area contributed by atoms with Crippen molar-refractivity contribution in [1.82, 2.24) is 15.1 Å². The number of thioether (sulfide) groups is 1. The molecular weight excluding hydrogens is 278 g/mol. The summed E-state index contributed by atoms with van der Waals surface area (Å²) in [6, 6.07) is 8.61. The number of aryl methyl sites for hydroxylation is 1. The average Bonchev–Trinajstić information content (AvgIpc) is 2.82. The fourth-order valence-electron chi connectivity index (χ4n) is 2.38. The topological polar surface area (TPSA) is 29.9 Å². The zero-order valence-corrected chi connectivity index (χ0v) is 12.3. The molecule has 0 saturated heterocycles. The van der Waals surface area contributed by atoms with E-state index >= 15 is 0 Å². The molecule has 100 valence electrons. The summed E-state index contributed by atoms with van der Waals surface area (Å²) >= 11 is 8.03. The van der Waals surface area contributed by atoms with Gasteiger partial charge in [0.2, 0.25) is 0 Å². The molecule has 0 fully saturated rings. The van der Waals surface area contributed by atoms with Gasteiger partial charge in [-0.05, 0) is 42.0 Å². The highest BCUT2D eigenvalue weighted by Crippen LogP contribution is 2.37. The molecule has 1 N–H and O–H groups in total. The Labute approximate surface area is 122 Å². The Balaban J connectivity index is 1.76. The van der Waals surface area contributed by atoms with Crippen molar-refractivity contribution in [3.05, 3.63) is 46.7 Å². The van der Waals surface area contributed by atoms with Gasteiger partial charge in [0.25, 0.3) is 0 Å². The summed E-state index contributed by atoms with van der Waals surface area (Å²) in [7, 11) is 1.97. The van der Waals surface area contributed by atoms with Crippen LogP contribution in [0, 0.1) is 0 Å². The van der Waals surface area contributed by atoms with Gasteiger partial charge in [-0.3, -0.25) is 4.68 Å². The summed E-state index contributed by atoms with van der Waals surface area (Å²) in [4.78, 5) is 1.35. The van der Waals surface area contributed by atoms with Crippen molar-refractivity contribution in [2.75, 3.05) is 5.75 Å². The molecule has 2 heterocycles. The van der Waals surface area contributed by atoms with E-state index < -0.39 is 0 Å². The van der Waals surface area contributed by atoms with Crippen LogP contribution < -0.4 is 5.32 Å². The second-order valence-electron chi connectivity index (χ2n) is 4.70. The number of rotatable bonds is 3. The highest BCUT2D eigenvalue weighted by Gasteiger charge is 2.20. The van der Waals surface area contributed by atoms with Gasteiger partial charge in [0.15, 0.2) is 0 Å². The lowest BCUT2D eigenvalue weighted by atomic mass is 10.0. The average molecular weight is 294 g/mol. The van der Waals surface area contributed by atoms with Crippen molar-refractivity contribution in [1.29, 1.82) is 0 Å². The van der Waals surface area contributed by atoms with E-state index in [9.17, 15) is 0 Å². The normalized spacial score (nSPS) is 18.3. The Hall–Kier alpha value is -0.970. The number of hydrogen-bond donors (Lipinski definition) is 1. The Bertz CT molecular complexity index is 582. The highest BCUT2D eigenvalue weighted by atomic mass is 35.5. The Morgan fingerprint density at radius 2 is 2.37 bits per heavy atom. The van der Waals surface area contributed by atoms with Crippen molar-refractivity contribution in [2.45, 2.75) is 23.9 Å². The van der Waals surface area contributed by atoms with Crippen LogP contribution in [0.25, 0.3) is 0 Å². The maximum absolute atomic E-state index is 6.12. The molecule has 0 saturated carbocycles. The summed E-state index contributed by atoms with van der Waals surface area (Å²) in [5.41, 5.74) is 2.52.